The number of hydrazone groups is 1. The molecule has 2 rings (SSSR count). The maximum Gasteiger partial charge on any atom is 0.329 e. The van der Waals surface area contributed by atoms with Gasteiger partial charge in [0, 0.05) is 10.2 Å². The molecular formula is C17H16BrN3O2. The van der Waals surface area contributed by atoms with Gasteiger partial charge in [-0.3, -0.25) is 9.59 Å². The summed E-state index contributed by atoms with van der Waals surface area (Å²) >= 11 is 3.33. The molecular weight excluding hydrogens is 358 g/mol. The Hall–Kier alpha value is -2.47. The molecule has 0 aliphatic heterocycles. The molecule has 0 bridgehead atoms. The number of aryl methyl sites for hydroxylation is 2. The third-order valence-corrected chi connectivity index (χ3v) is 3.75. The number of carbonyl (C=O) groups is 2. The summed E-state index contributed by atoms with van der Waals surface area (Å²) in [4.78, 5) is 23.5. The van der Waals surface area contributed by atoms with E-state index >= 15 is 0 Å². The summed E-state index contributed by atoms with van der Waals surface area (Å²) in [6.07, 6.45) is 1.47. The maximum atomic E-state index is 11.8. The standard InChI is InChI=1S/C17H16BrN3O2/c1-11-3-8-15(9-12(11)2)20-16(22)17(23)21-19-10-13-4-6-14(18)7-5-13/h3-10H,1-2H3,(H,20,22)(H,21,23)/b19-10+. The molecule has 2 N–H and O–H groups in total. The van der Waals surface area contributed by atoms with Crippen LogP contribution in [0.1, 0.15) is 16.7 Å². The summed E-state index contributed by atoms with van der Waals surface area (Å²) in [7, 11) is 0. The summed E-state index contributed by atoms with van der Waals surface area (Å²) in [6.45, 7) is 3.91. The highest BCUT2D eigenvalue weighted by atomic mass is 79.9. The zero-order valence-electron chi connectivity index (χ0n) is 12.8. The van der Waals surface area contributed by atoms with E-state index in [1.54, 1.807) is 6.07 Å². The highest BCUT2D eigenvalue weighted by molar-refractivity contribution is 9.10. The van der Waals surface area contributed by atoms with E-state index < -0.39 is 11.8 Å². The van der Waals surface area contributed by atoms with Gasteiger partial charge in [-0.05, 0) is 54.8 Å². The second-order valence-electron chi connectivity index (χ2n) is 5.00. The lowest BCUT2D eigenvalue weighted by molar-refractivity contribution is -0.136. The third-order valence-electron chi connectivity index (χ3n) is 3.22. The second kappa shape index (κ2) is 7.69. The van der Waals surface area contributed by atoms with Crippen LogP contribution in [0, 0.1) is 13.8 Å². The SMILES string of the molecule is Cc1ccc(NC(=O)C(=O)N/N=C/c2ccc(Br)cc2)cc1C. The van der Waals surface area contributed by atoms with Gasteiger partial charge in [0.25, 0.3) is 0 Å². The van der Waals surface area contributed by atoms with Crippen molar-refractivity contribution in [1.82, 2.24) is 5.43 Å². The summed E-state index contributed by atoms with van der Waals surface area (Å²) < 4.78 is 0.950. The van der Waals surface area contributed by atoms with E-state index in [1.165, 1.54) is 6.21 Å². The summed E-state index contributed by atoms with van der Waals surface area (Å²) in [5.74, 6) is -1.59. The fourth-order valence-electron chi connectivity index (χ4n) is 1.77. The van der Waals surface area contributed by atoms with Crippen molar-refractivity contribution in [1.29, 1.82) is 0 Å². The van der Waals surface area contributed by atoms with E-state index in [4.69, 9.17) is 0 Å². The first-order chi connectivity index (χ1) is 11.0. The number of benzene rings is 2. The number of nitrogens with one attached hydrogen (secondary N) is 2. The quantitative estimate of drug-likeness (QED) is 0.492. The molecule has 2 aromatic rings. The van der Waals surface area contributed by atoms with Gasteiger partial charge in [-0.25, -0.2) is 5.43 Å². The molecule has 0 aliphatic carbocycles. The topological polar surface area (TPSA) is 70.6 Å². The highest BCUT2D eigenvalue weighted by Gasteiger charge is 2.12. The van der Waals surface area contributed by atoms with Gasteiger partial charge in [0.2, 0.25) is 0 Å². The number of anilines is 1. The minimum atomic E-state index is -0.823. The van der Waals surface area contributed by atoms with Gasteiger partial charge in [0.05, 0.1) is 6.21 Å². The molecule has 0 fully saturated rings. The Balaban J connectivity index is 1.90. The van der Waals surface area contributed by atoms with Gasteiger partial charge in [-0.1, -0.05) is 34.1 Å². The number of hydrogen-bond donors (Lipinski definition) is 2. The van der Waals surface area contributed by atoms with E-state index in [-0.39, 0.29) is 0 Å². The van der Waals surface area contributed by atoms with Gasteiger partial charge >= 0.3 is 11.8 Å². The zero-order chi connectivity index (χ0) is 16.8. The molecule has 23 heavy (non-hydrogen) atoms. The van der Waals surface area contributed by atoms with Crippen LogP contribution in [-0.4, -0.2) is 18.0 Å². The van der Waals surface area contributed by atoms with Crippen molar-refractivity contribution in [2.45, 2.75) is 13.8 Å². The average molecular weight is 374 g/mol. The molecule has 5 nitrogen and oxygen atoms in total. The lowest BCUT2D eigenvalue weighted by Crippen LogP contribution is -2.32. The normalized spacial score (nSPS) is 10.6. The third kappa shape index (κ3) is 5.03. The van der Waals surface area contributed by atoms with Gasteiger partial charge in [-0.15, -0.1) is 0 Å². The van der Waals surface area contributed by atoms with Crippen LogP contribution in [0.2, 0.25) is 0 Å². The maximum absolute atomic E-state index is 11.8. The Morgan fingerprint density at radius 3 is 2.35 bits per heavy atom. The number of halogens is 1. The van der Waals surface area contributed by atoms with Crippen LogP contribution in [0.3, 0.4) is 0 Å². The van der Waals surface area contributed by atoms with Gasteiger partial charge < -0.3 is 5.32 Å². The van der Waals surface area contributed by atoms with Crippen LogP contribution >= 0.6 is 15.9 Å². The molecule has 0 spiro atoms. The first-order valence-corrected chi connectivity index (χ1v) is 7.72. The molecule has 0 aliphatic rings. The van der Waals surface area contributed by atoms with Crippen LogP contribution < -0.4 is 10.7 Å². The van der Waals surface area contributed by atoms with Crippen LogP contribution in [0.4, 0.5) is 5.69 Å². The van der Waals surface area contributed by atoms with Crippen molar-refractivity contribution in [2.24, 2.45) is 5.10 Å². The predicted molar refractivity (Wildman–Crippen MR) is 94.4 cm³/mol. The Kier molecular flexibility index (Phi) is 5.65. The van der Waals surface area contributed by atoms with Crippen molar-refractivity contribution < 1.29 is 9.59 Å². The van der Waals surface area contributed by atoms with Crippen molar-refractivity contribution in [3.05, 3.63) is 63.6 Å². The fourth-order valence-corrected chi connectivity index (χ4v) is 2.04. The van der Waals surface area contributed by atoms with E-state index in [2.05, 4.69) is 31.8 Å². The molecule has 0 radical (unpaired) electrons. The summed E-state index contributed by atoms with van der Waals surface area (Å²) in [6, 6.07) is 12.8. The summed E-state index contributed by atoms with van der Waals surface area (Å²) in [5.41, 5.74) is 5.74. The Morgan fingerprint density at radius 1 is 1.00 bits per heavy atom. The van der Waals surface area contributed by atoms with Crippen LogP contribution in [0.15, 0.2) is 52.0 Å². The Bertz CT molecular complexity index is 755. The van der Waals surface area contributed by atoms with Crippen molar-refractivity contribution in [3.8, 4) is 0 Å². The second-order valence-corrected chi connectivity index (χ2v) is 5.92. The fraction of sp³-hybridized carbons (Fsp3) is 0.118. The van der Waals surface area contributed by atoms with Crippen LogP contribution in [0.25, 0.3) is 0 Å². The molecule has 2 aromatic carbocycles. The minimum Gasteiger partial charge on any atom is -0.318 e. The van der Waals surface area contributed by atoms with E-state index in [1.807, 2.05) is 50.2 Å². The minimum absolute atomic E-state index is 0.574. The lowest BCUT2D eigenvalue weighted by atomic mass is 10.1. The Labute approximate surface area is 142 Å². The van der Waals surface area contributed by atoms with E-state index in [9.17, 15) is 9.59 Å². The molecule has 0 heterocycles. The van der Waals surface area contributed by atoms with Crippen molar-refractivity contribution >= 4 is 39.6 Å². The molecule has 6 heteroatoms. The summed E-state index contributed by atoms with van der Waals surface area (Å²) in [5, 5.41) is 6.30. The molecule has 0 atom stereocenters. The molecule has 0 saturated carbocycles. The lowest BCUT2D eigenvalue weighted by Gasteiger charge is -2.06. The number of rotatable bonds is 3. The molecule has 118 valence electrons. The van der Waals surface area contributed by atoms with E-state index in [0.29, 0.717) is 5.69 Å². The average Bonchev–Trinajstić information content (AvgIpc) is 2.52. The number of amides is 2. The predicted octanol–water partition coefficient (Wildman–Crippen LogP) is 3.15. The van der Waals surface area contributed by atoms with Gasteiger partial charge in [0.1, 0.15) is 0 Å². The first kappa shape index (κ1) is 16.9. The van der Waals surface area contributed by atoms with Crippen molar-refractivity contribution in [3.63, 3.8) is 0 Å². The first-order valence-electron chi connectivity index (χ1n) is 6.93. The monoisotopic (exact) mass is 373 g/mol. The molecule has 0 saturated heterocycles. The molecule has 2 amide bonds. The number of carbonyl (C=O) groups excluding carboxylic acids is 2. The number of nitrogens with zero attached hydrogens (tertiary/aromatic N) is 1. The van der Waals surface area contributed by atoms with Gasteiger partial charge in [0.15, 0.2) is 0 Å². The number of hydrogen-bond acceptors (Lipinski definition) is 3. The largest absolute Gasteiger partial charge is 0.329 e. The smallest absolute Gasteiger partial charge is 0.318 e. The van der Waals surface area contributed by atoms with Crippen molar-refractivity contribution in [2.75, 3.05) is 5.32 Å². The zero-order valence-corrected chi connectivity index (χ0v) is 14.3. The van der Waals surface area contributed by atoms with Crippen LogP contribution in [0.5, 0.6) is 0 Å². The molecule has 0 aromatic heterocycles. The highest BCUT2D eigenvalue weighted by Crippen LogP contribution is 2.14. The van der Waals surface area contributed by atoms with E-state index in [0.717, 1.165) is 21.2 Å². The van der Waals surface area contributed by atoms with Gasteiger partial charge in [-0.2, -0.15) is 5.10 Å². The molecule has 0 unspecified atom stereocenters. The Morgan fingerprint density at radius 2 is 1.70 bits per heavy atom. The van der Waals surface area contributed by atoms with Crippen LogP contribution in [-0.2, 0) is 9.59 Å².